The Bertz CT molecular complexity index is 1010. The van der Waals surface area contributed by atoms with Crippen molar-refractivity contribution in [1.29, 1.82) is 0 Å². The molecule has 4 rings (SSSR count). The van der Waals surface area contributed by atoms with Crippen molar-refractivity contribution >= 4 is 17.5 Å². The van der Waals surface area contributed by atoms with Crippen LogP contribution in [0.4, 0.5) is 5.82 Å². The summed E-state index contributed by atoms with van der Waals surface area (Å²) in [4.78, 5) is 23.7. The molecule has 27 heavy (non-hydrogen) atoms. The zero-order valence-electron chi connectivity index (χ0n) is 15.5. The van der Waals surface area contributed by atoms with E-state index in [9.17, 15) is 9.59 Å². The maximum atomic E-state index is 12.2. The highest BCUT2D eigenvalue weighted by Crippen LogP contribution is 2.39. The molecule has 0 spiro atoms. The van der Waals surface area contributed by atoms with Gasteiger partial charge in [0.05, 0.1) is 12.1 Å². The average Bonchev–Trinajstić information content (AvgIpc) is 3.28. The van der Waals surface area contributed by atoms with Gasteiger partial charge in [0.1, 0.15) is 17.3 Å². The largest absolute Gasteiger partial charge is 0.460 e. The molecule has 1 aliphatic rings. The summed E-state index contributed by atoms with van der Waals surface area (Å²) in [6, 6.07) is 11.3. The number of amides is 1. The van der Waals surface area contributed by atoms with Crippen molar-refractivity contribution in [2.75, 3.05) is 5.32 Å². The number of Topliss-reactive ketones (excluding diaryl/α,β-unsaturated/α-hetero) is 1. The van der Waals surface area contributed by atoms with Gasteiger partial charge in [-0.2, -0.15) is 5.10 Å². The second kappa shape index (κ2) is 6.54. The first kappa shape index (κ1) is 17.3. The van der Waals surface area contributed by atoms with E-state index in [1.54, 1.807) is 19.1 Å². The van der Waals surface area contributed by atoms with E-state index >= 15 is 0 Å². The van der Waals surface area contributed by atoms with Crippen LogP contribution in [0.1, 0.15) is 60.8 Å². The lowest BCUT2D eigenvalue weighted by Crippen LogP contribution is -2.25. The van der Waals surface area contributed by atoms with Crippen LogP contribution in [-0.2, 0) is 4.79 Å². The molecule has 1 amide bonds. The lowest BCUT2D eigenvalue weighted by atomic mass is 9.92. The lowest BCUT2D eigenvalue weighted by molar-refractivity contribution is -0.116. The summed E-state index contributed by atoms with van der Waals surface area (Å²) in [5, 5.41) is 7.36. The Labute approximate surface area is 157 Å². The number of hydrogen-bond acceptors (Lipinski definition) is 4. The van der Waals surface area contributed by atoms with Crippen LogP contribution in [-0.4, -0.2) is 21.5 Å². The number of hydrogen-bond donors (Lipinski definition) is 1. The molecule has 0 saturated heterocycles. The van der Waals surface area contributed by atoms with Gasteiger partial charge in [0.2, 0.25) is 5.91 Å². The first-order valence-electron chi connectivity index (χ1n) is 9.02. The number of carbonyl (C=O) groups excluding carboxylic acids is 2. The number of carbonyl (C=O) groups is 2. The Kier molecular flexibility index (Phi) is 4.18. The van der Waals surface area contributed by atoms with Crippen molar-refractivity contribution in [2.24, 2.45) is 0 Å². The van der Waals surface area contributed by atoms with E-state index in [0.717, 1.165) is 22.7 Å². The molecular weight excluding hydrogens is 342 g/mol. The van der Waals surface area contributed by atoms with Gasteiger partial charge in [0.15, 0.2) is 5.78 Å². The number of benzene rings is 1. The Morgan fingerprint density at radius 1 is 1.22 bits per heavy atom. The number of furan rings is 1. The molecule has 0 radical (unpaired) electrons. The zero-order chi connectivity index (χ0) is 19.1. The number of fused-ring (bicyclic) bond motifs is 1. The molecule has 0 unspecified atom stereocenters. The third-order valence-corrected chi connectivity index (χ3v) is 4.88. The number of rotatable bonds is 4. The van der Waals surface area contributed by atoms with Crippen molar-refractivity contribution in [1.82, 2.24) is 9.78 Å². The highest BCUT2D eigenvalue weighted by atomic mass is 16.3. The monoisotopic (exact) mass is 363 g/mol. The first-order chi connectivity index (χ1) is 12.9. The predicted octanol–water partition coefficient (Wildman–Crippen LogP) is 4.40. The van der Waals surface area contributed by atoms with Crippen LogP contribution >= 0.6 is 0 Å². The van der Waals surface area contributed by atoms with Crippen LogP contribution in [0.15, 0.2) is 47.0 Å². The van der Waals surface area contributed by atoms with Gasteiger partial charge in [0.25, 0.3) is 0 Å². The fraction of sp³-hybridized carbons (Fsp3) is 0.286. The fourth-order valence-electron chi connectivity index (χ4n) is 3.45. The van der Waals surface area contributed by atoms with Gasteiger partial charge in [-0.25, -0.2) is 4.68 Å². The van der Waals surface area contributed by atoms with Crippen LogP contribution in [0.5, 0.6) is 0 Å². The molecule has 0 fully saturated rings. The highest BCUT2D eigenvalue weighted by molar-refractivity contribution is 5.95. The number of anilines is 1. The molecule has 138 valence electrons. The number of nitrogens with zero attached hydrogens (tertiary/aromatic N) is 2. The minimum atomic E-state index is -0.161. The standard InChI is InChI=1S/C21H21N3O3/c1-12(2)24-21-17(11-22-24)16(10-20(26)23-21)19-9-8-18(27-19)15-6-4-14(5-7-15)13(3)25/h4-9,11-12,16H,10H2,1-3H3,(H,23,26)/t16-/m1/s1. The summed E-state index contributed by atoms with van der Waals surface area (Å²) in [7, 11) is 0. The SMILES string of the molecule is CC(=O)c1ccc(-c2ccc([C@@H]3CC(=O)Nc4c3cnn4C(C)C)o2)cc1. The molecule has 3 heterocycles. The quantitative estimate of drug-likeness (QED) is 0.697. The molecule has 1 aromatic carbocycles. The van der Waals surface area contributed by atoms with Gasteiger partial charge in [-0.3, -0.25) is 9.59 Å². The van der Waals surface area contributed by atoms with Crippen molar-refractivity contribution in [2.45, 2.75) is 39.2 Å². The number of aromatic nitrogens is 2. The first-order valence-corrected chi connectivity index (χ1v) is 9.02. The highest BCUT2D eigenvalue weighted by Gasteiger charge is 2.32. The summed E-state index contributed by atoms with van der Waals surface area (Å²) in [6.45, 7) is 5.60. The Hall–Kier alpha value is -3.15. The van der Waals surface area contributed by atoms with Gasteiger partial charge < -0.3 is 9.73 Å². The summed E-state index contributed by atoms with van der Waals surface area (Å²) >= 11 is 0. The minimum absolute atomic E-state index is 0.0320. The van der Waals surface area contributed by atoms with Crippen LogP contribution in [0.3, 0.4) is 0 Å². The van der Waals surface area contributed by atoms with Crippen LogP contribution < -0.4 is 5.32 Å². The van der Waals surface area contributed by atoms with Crippen molar-refractivity contribution < 1.29 is 14.0 Å². The third-order valence-electron chi connectivity index (χ3n) is 4.88. The third kappa shape index (κ3) is 3.07. The molecular formula is C21H21N3O3. The molecule has 0 aliphatic carbocycles. The van der Waals surface area contributed by atoms with E-state index in [1.807, 2.05) is 49.0 Å². The molecule has 1 N–H and O–H groups in total. The van der Waals surface area contributed by atoms with E-state index in [-0.39, 0.29) is 23.7 Å². The van der Waals surface area contributed by atoms with Crippen LogP contribution in [0, 0.1) is 0 Å². The van der Waals surface area contributed by atoms with Gasteiger partial charge in [-0.15, -0.1) is 0 Å². The Morgan fingerprint density at radius 2 is 1.96 bits per heavy atom. The predicted molar refractivity (Wildman–Crippen MR) is 102 cm³/mol. The summed E-state index contributed by atoms with van der Waals surface area (Å²) in [5.41, 5.74) is 2.53. The smallest absolute Gasteiger partial charge is 0.226 e. The maximum Gasteiger partial charge on any atom is 0.226 e. The topological polar surface area (TPSA) is 77.1 Å². The average molecular weight is 363 g/mol. The van der Waals surface area contributed by atoms with Crippen molar-refractivity contribution in [3.63, 3.8) is 0 Å². The van der Waals surface area contributed by atoms with Gasteiger partial charge in [-0.05, 0) is 32.9 Å². The van der Waals surface area contributed by atoms with E-state index in [4.69, 9.17) is 4.42 Å². The molecule has 0 saturated carbocycles. The Balaban J connectivity index is 1.68. The van der Waals surface area contributed by atoms with Gasteiger partial charge in [-0.1, -0.05) is 24.3 Å². The van der Waals surface area contributed by atoms with Crippen LogP contribution in [0.25, 0.3) is 11.3 Å². The summed E-state index contributed by atoms with van der Waals surface area (Å²) in [5.74, 6) is 2.02. The number of ketones is 1. The zero-order valence-corrected chi connectivity index (χ0v) is 15.5. The molecule has 6 nitrogen and oxygen atoms in total. The second-order valence-corrected chi connectivity index (χ2v) is 7.13. The van der Waals surface area contributed by atoms with E-state index in [0.29, 0.717) is 17.7 Å². The van der Waals surface area contributed by atoms with Crippen molar-refractivity contribution in [3.05, 3.63) is 59.5 Å². The lowest BCUT2D eigenvalue weighted by Gasteiger charge is -2.23. The van der Waals surface area contributed by atoms with Crippen LogP contribution in [0.2, 0.25) is 0 Å². The molecule has 6 heteroatoms. The van der Waals surface area contributed by atoms with E-state index in [1.165, 1.54) is 0 Å². The van der Waals surface area contributed by atoms with Gasteiger partial charge in [0, 0.05) is 29.2 Å². The number of nitrogens with one attached hydrogen (secondary N) is 1. The van der Waals surface area contributed by atoms with Gasteiger partial charge >= 0.3 is 0 Å². The molecule has 2 aromatic heterocycles. The molecule has 3 aromatic rings. The molecule has 0 bridgehead atoms. The Morgan fingerprint density at radius 3 is 2.63 bits per heavy atom. The van der Waals surface area contributed by atoms with E-state index < -0.39 is 0 Å². The molecule has 1 aliphatic heterocycles. The fourth-order valence-corrected chi connectivity index (χ4v) is 3.45. The van der Waals surface area contributed by atoms with Crippen molar-refractivity contribution in [3.8, 4) is 11.3 Å². The normalized spacial score (nSPS) is 16.3. The molecule has 1 atom stereocenters. The summed E-state index contributed by atoms with van der Waals surface area (Å²) in [6.07, 6.45) is 2.14. The second-order valence-electron chi connectivity index (χ2n) is 7.13. The van der Waals surface area contributed by atoms with E-state index in [2.05, 4.69) is 10.4 Å². The minimum Gasteiger partial charge on any atom is -0.460 e. The summed E-state index contributed by atoms with van der Waals surface area (Å²) < 4.78 is 7.91. The maximum absolute atomic E-state index is 12.2.